The molecule has 0 amide bonds. The van der Waals surface area contributed by atoms with Crippen molar-refractivity contribution >= 4 is 11.2 Å². The normalized spacial score (nSPS) is 12.3. The molecule has 2 rings (SSSR count). The van der Waals surface area contributed by atoms with Gasteiger partial charge in [0.2, 0.25) is 5.82 Å². The fraction of sp³-hybridized carbons (Fsp3) is 0.583. The Morgan fingerprint density at radius 2 is 1.76 bits per heavy atom. The maximum absolute atomic E-state index is 12.9. The number of aromatic nitrogens is 4. The molecule has 21 heavy (non-hydrogen) atoms. The molecule has 0 aliphatic carbocycles. The minimum Gasteiger partial charge on any atom is -0.318 e. The van der Waals surface area contributed by atoms with Crippen molar-refractivity contribution in [2.45, 2.75) is 32.5 Å². The fourth-order valence-electron chi connectivity index (χ4n) is 2.21. The summed E-state index contributed by atoms with van der Waals surface area (Å²) < 4.78 is 41.2. The van der Waals surface area contributed by atoms with Crippen LogP contribution in [-0.4, -0.2) is 18.7 Å². The molecule has 6 nitrogen and oxygen atoms in total. The van der Waals surface area contributed by atoms with Crippen LogP contribution in [0.3, 0.4) is 0 Å². The summed E-state index contributed by atoms with van der Waals surface area (Å²) in [6, 6.07) is 0. The number of fused-ring (bicyclic) bond motifs is 1. The fourth-order valence-corrected chi connectivity index (χ4v) is 2.21. The lowest BCUT2D eigenvalue weighted by Crippen LogP contribution is -2.39. The average Bonchev–Trinajstić information content (AvgIpc) is 2.74. The summed E-state index contributed by atoms with van der Waals surface area (Å²) >= 11 is 0. The van der Waals surface area contributed by atoms with Crippen molar-refractivity contribution in [3.63, 3.8) is 0 Å². The molecule has 0 aliphatic rings. The molecule has 116 valence electrons. The smallest absolute Gasteiger partial charge is 0.318 e. The zero-order valence-corrected chi connectivity index (χ0v) is 11.9. The van der Waals surface area contributed by atoms with Crippen LogP contribution in [0.1, 0.15) is 25.6 Å². The van der Waals surface area contributed by atoms with E-state index in [1.165, 1.54) is 7.05 Å². The molecule has 0 bridgehead atoms. The van der Waals surface area contributed by atoms with Crippen molar-refractivity contribution in [3.05, 3.63) is 26.7 Å². The van der Waals surface area contributed by atoms with E-state index in [0.29, 0.717) is 11.0 Å². The Labute approximate surface area is 117 Å². The van der Waals surface area contributed by atoms with Gasteiger partial charge in [-0.1, -0.05) is 13.3 Å². The first kappa shape index (κ1) is 15.3. The summed E-state index contributed by atoms with van der Waals surface area (Å²) in [7, 11) is 2.42. The van der Waals surface area contributed by atoms with E-state index < -0.39 is 23.2 Å². The third-order valence-electron chi connectivity index (χ3n) is 3.35. The molecule has 0 unspecified atom stereocenters. The lowest BCUT2D eigenvalue weighted by Gasteiger charge is -2.08. The van der Waals surface area contributed by atoms with Gasteiger partial charge in [-0.3, -0.25) is 13.9 Å². The van der Waals surface area contributed by atoms with E-state index in [1.54, 1.807) is 0 Å². The first-order valence-corrected chi connectivity index (χ1v) is 6.43. The molecule has 0 fully saturated rings. The third-order valence-corrected chi connectivity index (χ3v) is 3.35. The number of halogens is 3. The Morgan fingerprint density at radius 1 is 1.14 bits per heavy atom. The van der Waals surface area contributed by atoms with Crippen LogP contribution < -0.4 is 11.2 Å². The average molecular weight is 304 g/mol. The standard InChI is InChI=1S/C12H15F3N4O2/c1-4-5-6-19-9(20)7-8(18(3)11(19)21)16-10(17(7)2)12(13,14)15/h4-6H2,1-3H3. The molecule has 0 aromatic carbocycles. The Bertz CT molecular complexity index is 798. The van der Waals surface area contributed by atoms with E-state index >= 15 is 0 Å². The van der Waals surface area contributed by atoms with Crippen LogP contribution in [0.4, 0.5) is 13.2 Å². The number of hydrogen-bond donors (Lipinski definition) is 0. The van der Waals surface area contributed by atoms with Gasteiger partial charge in [-0.05, 0) is 6.42 Å². The van der Waals surface area contributed by atoms with Crippen molar-refractivity contribution in [2.75, 3.05) is 0 Å². The minimum absolute atomic E-state index is 0.171. The number of nitrogens with zero attached hydrogens (tertiary/aromatic N) is 4. The van der Waals surface area contributed by atoms with Gasteiger partial charge in [0.1, 0.15) is 0 Å². The molecule has 0 saturated carbocycles. The van der Waals surface area contributed by atoms with Crippen molar-refractivity contribution in [3.8, 4) is 0 Å². The van der Waals surface area contributed by atoms with Gasteiger partial charge in [-0.2, -0.15) is 13.2 Å². The maximum atomic E-state index is 12.9. The molecule has 2 aromatic heterocycles. The van der Waals surface area contributed by atoms with Crippen LogP contribution in [-0.2, 0) is 26.8 Å². The molecule has 0 saturated heterocycles. The Kier molecular flexibility index (Phi) is 3.68. The van der Waals surface area contributed by atoms with Crippen molar-refractivity contribution in [1.82, 2.24) is 18.7 Å². The Morgan fingerprint density at radius 3 is 2.29 bits per heavy atom. The molecule has 0 aliphatic heterocycles. The van der Waals surface area contributed by atoms with Crippen molar-refractivity contribution in [1.29, 1.82) is 0 Å². The highest BCUT2D eigenvalue weighted by Gasteiger charge is 2.38. The molecule has 9 heteroatoms. The van der Waals surface area contributed by atoms with Crippen LogP contribution in [0.2, 0.25) is 0 Å². The lowest BCUT2D eigenvalue weighted by atomic mass is 10.3. The Hall–Kier alpha value is -2.06. The highest BCUT2D eigenvalue weighted by molar-refractivity contribution is 5.71. The molecule has 2 aromatic rings. The number of aryl methyl sites for hydroxylation is 2. The lowest BCUT2D eigenvalue weighted by molar-refractivity contribution is -0.146. The van der Waals surface area contributed by atoms with Crippen LogP contribution >= 0.6 is 0 Å². The predicted octanol–water partition coefficient (Wildman–Crippen LogP) is 1.25. The summed E-state index contributed by atoms with van der Waals surface area (Å²) in [6.45, 7) is 2.06. The predicted molar refractivity (Wildman–Crippen MR) is 70.1 cm³/mol. The van der Waals surface area contributed by atoms with Crippen molar-refractivity contribution in [2.24, 2.45) is 14.1 Å². The second kappa shape index (κ2) is 5.05. The molecule has 0 N–H and O–H groups in total. The second-order valence-corrected chi connectivity index (χ2v) is 4.82. The number of unbranched alkanes of at least 4 members (excludes halogenated alkanes) is 1. The quantitative estimate of drug-likeness (QED) is 0.857. The maximum Gasteiger partial charge on any atom is 0.449 e. The highest BCUT2D eigenvalue weighted by atomic mass is 19.4. The van der Waals surface area contributed by atoms with Gasteiger partial charge in [-0.15, -0.1) is 0 Å². The number of imidazole rings is 1. The topological polar surface area (TPSA) is 61.8 Å². The van der Waals surface area contributed by atoms with E-state index in [4.69, 9.17) is 0 Å². The second-order valence-electron chi connectivity index (χ2n) is 4.82. The van der Waals surface area contributed by atoms with Gasteiger partial charge in [0.15, 0.2) is 11.2 Å². The summed E-state index contributed by atoms with van der Waals surface area (Å²) in [5.74, 6) is -1.20. The molecule has 0 atom stereocenters. The van der Waals surface area contributed by atoms with Crippen molar-refractivity contribution < 1.29 is 13.2 Å². The van der Waals surface area contributed by atoms with Gasteiger partial charge in [0, 0.05) is 20.6 Å². The van der Waals surface area contributed by atoms with Gasteiger partial charge >= 0.3 is 11.9 Å². The largest absolute Gasteiger partial charge is 0.449 e. The van der Waals surface area contributed by atoms with Crippen LogP contribution in [0.5, 0.6) is 0 Å². The first-order valence-electron chi connectivity index (χ1n) is 6.43. The molecule has 0 radical (unpaired) electrons. The minimum atomic E-state index is -4.69. The molecular weight excluding hydrogens is 289 g/mol. The van der Waals surface area contributed by atoms with Gasteiger partial charge in [-0.25, -0.2) is 9.78 Å². The van der Waals surface area contributed by atoms with Crippen LogP contribution in [0.15, 0.2) is 9.59 Å². The summed E-state index contributed by atoms with van der Waals surface area (Å²) in [6.07, 6.45) is -3.35. The summed E-state index contributed by atoms with van der Waals surface area (Å²) in [5, 5.41) is 0. The van der Waals surface area contributed by atoms with Crippen LogP contribution in [0, 0.1) is 0 Å². The summed E-state index contributed by atoms with van der Waals surface area (Å²) in [4.78, 5) is 27.8. The third kappa shape index (κ3) is 2.36. The molecule has 2 heterocycles. The number of rotatable bonds is 3. The zero-order chi connectivity index (χ0) is 15.9. The first-order chi connectivity index (χ1) is 9.70. The van der Waals surface area contributed by atoms with E-state index in [1.807, 2.05) is 6.92 Å². The monoisotopic (exact) mass is 304 g/mol. The van der Waals surface area contributed by atoms with E-state index in [-0.39, 0.29) is 17.7 Å². The summed E-state index contributed by atoms with van der Waals surface area (Å²) in [5.41, 5.74) is -1.88. The van der Waals surface area contributed by atoms with E-state index in [0.717, 1.165) is 22.6 Å². The highest BCUT2D eigenvalue weighted by Crippen LogP contribution is 2.29. The zero-order valence-electron chi connectivity index (χ0n) is 11.9. The van der Waals surface area contributed by atoms with E-state index in [9.17, 15) is 22.8 Å². The van der Waals surface area contributed by atoms with Gasteiger partial charge < -0.3 is 4.57 Å². The van der Waals surface area contributed by atoms with Gasteiger partial charge in [0.05, 0.1) is 0 Å². The molecule has 0 spiro atoms. The van der Waals surface area contributed by atoms with Crippen LogP contribution in [0.25, 0.3) is 11.2 Å². The number of alkyl halides is 3. The van der Waals surface area contributed by atoms with Gasteiger partial charge in [0.25, 0.3) is 5.56 Å². The SMILES string of the molecule is CCCCn1c(=O)c2c(nc(C(F)(F)F)n2C)n(C)c1=O. The molecular formula is C12H15F3N4O2. The number of hydrogen-bond acceptors (Lipinski definition) is 3. The Balaban J connectivity index is 2.87. The van der Waals surface area contributed by atoms with E-state index in [2.05, 4.69) is 4.98 Å².